The number of hydrogen-bond acceptors (Lipinski definition) is 5. The Bertz CT molecular complexity index is 828. The third-order valence-electron chi connectivity index (χ3n) is 3.62. The predicted octanol–water partition coefficient (Wildman–Crippen LogP) is 1.58. The van der Waals surface area contributed by atoms with Crippen LogP contribution in [-0.2, 0) is 4.74 Å². The number of rotatable bonds is 5. The van der Waals surface area contributed by atoms with Gasteiger partial charge in [0.25, 0.3) is 5.56 Å². The molecule has 2 heterocycles. The van der Waals surface area contributed by atoms with Crippen LogP contribution in [0.4, 0.5) is 0 Å². The van der Waals surface area contributed by atoms with Crippen molar-refractivity contribution in [1.29, 1.82) is 0 Å². The summed E-state index contributed by atoms with van der Waals surface area (Å²) >= 11 is 0. The number of nitrogens with zero attached hydrogens (tertiary/aromatic N) is 3. The summed E-state index contributed by atoms with van der Waals surface area (Å²) in [6.45, 7) is 8.26. The number of fused-ring (bicyclic) bond motifs is 1. The Hall–Kier alpha value is -2.65. The summed E-state index contributed by atoms with van der Waals surface area (Å²) in [6, 6.07) is 5.16. The maximum atomic E-state index is 12.3. The zero-order valence-corrected chi connectivity index (χ0v) is 14.2. The van der Waals surface area contributed by atoms with Crippen LogP contribution in [0.15, 0.2) is 35.4 Å². The van der Waals surface area contributed by atoms with Crippen molar-refractivity contribution in [2.45, 2.75) is 26.9 Å². The molecule has 24 heavy (non-hydrogen) atoms. The molecule has 2 aromatic rings. The number of carbonyl (C=O) groups is 1. The van der Waals surface area contributed by atoms with Crippen LogP contribution in [-0.4, -0.2) is 46.0 Å². The van der Waals surface area contributed by atoms with Crippen molar-refractivity contribution in [1.82, 2.24) is 14.3 Å². The Morgan fingerprint density at radius 3 is 2.83 bits per heavy atom. The third kappa shape index (κ3) is 4.21. The van der Waals surface area contributed by atoms with Crippen molar-refractivity contribution in [2.75, 3.05) is 19.6 Å². The van der Waals surface area contributed by atoms with Gasteiger partial charge in [0.1, 0.15) is 11.2 Å². The molecule has 0 aromatic carbocycles. The van der Waals surface area contributed by atoms with Gasteiger partial charge in [0.2, 0.25) is 0 Å². The number of pyridine rings is 1. The first-order valence-corrected chi connectivity index (χ1v) is 7.95. The second kappa shape index (κ2) is 8.27. The zero-order chi connectivity index (χ0) is 17.5. The zero-order valence-electron chi connectivity index (χ0n) is 14.2. The van der Waals surface area contributed by atoms with Gasteiger partial charge in [-0.15, -0.1) is 0 Å². The Kier molecular flexibility index (Phi) is 6.10. The molecule has 0 amide bonds. The van der Waals surface area contributed by atoms with Crippen molar-refractivity contribution < 1.29 is 9.53 Å². The fraction of sp³-hybridized carbons (Fsp3) is 0.389. The van der Waals surface area contributed by atoms with Gasteiger partial charge in [-0.1, -0.05) is 31.8 Å². The van der Waals surface area contributed by atoms with Crippen molar-refractivity contribution in [3.8, 4) is 11.8 Å². The molecule has 0 radical (unpaired) electrons. The Morgan fingerprint density at radius 1 is 1.38 bits per heavy atom. The van der Waals surface area contributed by atoms with E-state index in [-0.39, 0.29) is 5.56 Å². The first-order chi connectivity index (χ1) is 11.6. The number of hydrogen-bond donors (Lipinski definition) is 0. The summed E-state index contributed by atoms with van der Waals surface area (Å²) in [6.07, 6.45) is 2.22. The average Bonchev–Trinajstić information content (AvgIpc) is 2.59. The van der Waals surface area contributed by atoms with Crippen LogP contribution < -0.4 is 5.56 Å². The highest BCUT2D eigenvalue weighted by Crippen LogP contribution is 2.01. The van der Waals surface area contributed by atoms with Crippen LogP contribution >= 0.6 is 0 Å². The second-order valence-electron chi connectivity index (χ2n) is 5.24. The van der Waals surface area contributed by atoms with Gasteiger partial charge in [-0.25, -0.2) is 9.78 Å². The van der Waals surface area contributed by atoms with Gasteiger partial charge in [-0.05, 0) is 32.1 Å². The van der Waals surface area contributed by atoms with Crippen LogP contribution in [0.2, 0.25) is 0 Å². The van der Waals surface area contributed by atoms with Crippen molar-refractivity contribution in [3.05, 3.63) is 46.5 Å². The monoisotopic (exact) mass is 327 g/mol. The molecule has 6 heteroatoms. The summed E-state index contributed by atoms with van der Waals surface area (Å²) in [5, 5.41) is 0. The van der Waals surface area contributed by atoms with E-state index >= 15 is 0 Å². The average molecular weight is 327 g/mol. The molecule has 0 aliphatic rings. The molecule has 1 atom stereocenters. The quantitative estimate of drug-likeness (QED) is 0.616. The number of ether oxygens (including phenoxy) is 1. The molecule has 2 aromatic heterocycles. The number of aromatic nitrogens is 2. The summed E-state index contributed by atoms with van der Waals surface area (Å²) in [7, 11) is 0. The summed E-state index contributed by atoms with van der Waals surface area (Å²) in [5.74, 6) is 5.15. The van der Waals surface area contributed by atoms with Gasteiger partial charge in [0.05, 0.1) is 6.54 Å². The van der Waals surface area contributed by atoms with E-state index in [4.69, 9.17) is 4.74 Å². The smallest absolute Gasteiger partial charge is 0.346 e. The Labute approximate surface area is 141 Å². The van der Waals surface area contributed by atoms with E-state index in [1.54, 1.807) is 31.3 Å². The molecule has 0 saturated heterocycles. The molecule has 0 unspecified atom stereocenters. The first kappa shape index (κ1) is 17.7. The van der Waals surface area contributed by atoms with Crippen molar-refractivity contribution in [3.63, 3.8) is 0 Å². The maximum Gasteiger partial charge on any atom is 0.346 e. The highest BCUT2D eigenvalue weighted by atomic mass is 16.5. The second-order valence-corrected chi connectivity index (χ2v) is 5.24. The largest absolute Gasteiger partial charge is 0.446 e. The van der Waals surface area contributed by atoms with Crippen LogP contribution in [0.1, 0.15) is 31.1 Å². The fourth-order valence-corrected chi connectivity index (χ4v) is 2.17. The predicted molar refractivity (Wildman–Crippen MR) is 91.9 cm³/mol. The third-order valence-corrected chi connectivity index (χ3v) is 3.62. The number of esters is 1. The van der Waals surface area contributed by atoms with E-state index in [2.05, 4.69) is 35.6 Å². The Morgan fingerprint density at radius 2 is 2.12 bits per heavy atom. The number of carbonyl (C=O) groups excluding carboxylic acids is 1. The minimum Gasteiger partial charge on any atom is -0.446 e. The van der Waals surface area contributed by atoms with Crippen LogP contribution in [0.25, 0.3) is 5.65 Å². The molecule has 6 nitrogen and oxygen atoms in total. The molecule has 0 aliphatic heterocycles. The summed E-state index contributed by atoms with van der Waals surface area (Å²) in [5.41, 5.74) is -0.0731. The van der Waals surface area contributed by atoms with Gasteiger partial charge in [0, 0.05) is 12.4 Å². The maximum absolute atomic E-state index is 12.3. The summed E-state index contributed by atoms with van der Waals surface area (Å²) < 4.78 is 6.54. The lowest BCUT2D eigenvalue weighted by molar-refractivity contribution is 0.0435. The molecule has 0 N–H and O–H groups in total. The van der Waals surface area contributed by atoms with Crippen LogP contribution in [0.3, 0.4) is 0 Å². The topological polar surface area (TPSA) is 63.9 Å². The van der Waals surface area contributed by atoms with Gasteiger partial charge in [-0.3, -0.25) is 14.1 Å². The van der Waals surface area contributed by atoms with Crippen molar-refractivity contribution >= 4 is 11.6 Å². The molecular weight excluding hydrogens is 306 g/mol. The highest BCUT2D eigenvalue weighted by molar-refractivity contribution is 5.89. The van der Waals surface area contributed by atoms with E-state index in [1.807, 2.05) is 0 Å². The van der Waals surface area contributed by atoms with Crippen molar-refractivity contribution in [2.24, 2.45) is 0 Å². The first-order valence-electron chi connectivity index (χ1n) is 7.95. The van der Waals surface area contributed by atoms with E-state index in [1.165, 1.54) is 10.6 Å². The van der Waals surface area contributed by atoms with Crippen LogP contribution in [0, 0.1) is 11.8 Å². The highest BCUT2D eigenvalue weighted by Gasteiger charge is 2.16. The lowest BCUT2D eigenvalue weighted by atomic mass is 10.3. The van der Waals surface area contributed by atoms with E-state index in [0.29, 0.717) is 12.2 Å². The molecule has 0 aliphatic carbocycles. The van der Waals surface area contributed by atoms with Crippen LogP contribution in [0.5, 0.6) is 0 Å². The van der Waals surface area contributed by atoms with Gasteiger partial charge in [0.15, 0.2) is 6.10 Å². The SMILES string of the molecule is CCN(CC)CC#C[C@@H](C)OC(=O)c1cnc2ccccn2c1=O. The molecule has 0 spiro atoms. The minimum absolute atomic E-state index is 0.101. The Balaban J connectivity index is 2.09. The van der Waals surface area contributed by atoms with Gasteiger partial charge < -0.3 is 4.74 Å². The molecule has 0 bridgehead atoms. The van der Waals surface area contributed by atoms with Gasteiger partial charge in [-0.2, -0.15) is 0 Å². The van der Waals surface area contributed by atoms with Gasteiger partial charge >= 0.3 is 5.97 Å². The standard InChI is InChI=1S/C18H21N3O3/c1-4-20(5-2)11-8-9-14(3)24-18(23)15-13-19-16-10-6-7-12-21(16)17(15)22/h6-7,10,12-14H,4-5,11H2,1-3H3/t14-/m1/s1. The lowest BCUT2D eigenvalue weighted by Crippen LogP contribution is -2.26. The molecule has 0 fully saturated rings. The minimum atomic E-state index is -0.713. The molecule has 2 rings (SSSR count). The van der Waals surface area contributed by atoms with E-state index < -0.39 is 17.6 Å². The molecular formula is C18H21N3O3. The summed E-state index contributed by atoms with van der Waals surface area (Å²) in [4.78, 5) is 30.7. The molecule has 126 valence electrons. The fourth-order valence-electron chi connectivity index (χ4n) is 2.17. The lowest BCUT2D eigenvalue weighted by Gasteiger charge is -2.13. The van der Waals surface area contributed by atoms with E-state index in [9.17, 15) is 9.59 Å². The van der Waals surface area contributed by atoms with E-state index in [0.717, 1.165) is 13.1 Å². The molecule has 0 saturated carbocycles. The normalized spacial score (nSPS) is 11.8.